The molecular weight excluding hydrogens is 452 g/mol. The van der Waals surface area contributed by atoms with Crippen molar-refractivity contribution >= 4 is 44.4 Å². The molecule has 0 aliphatic carbocycles. The van der Waals surface area contributed by atoms with Crippen molar-refractivity contribution in [3.63, 3.8) is 0 Å². The summed E-state index contributed by atoms with van der Waals surface area (Å²) in [4.78, 5) is 20.5. The third kappa shape index (κ3) is 3.75. The van der Waals surface area contributed by atoms with Crippen LogP contribution >= 0.6 is 22.7 Å². The van der Waals surface area contributed by atoms with Crippen LogP contribution in [0, 0.1) is 0 Å². The van der Waals surface area contributed by atoms with Gasteiger partial charge in [0.15, 0.2) is 0 Å². The molecule has 0 saturated carbocycles. The van der Waals surface area contributed by atoms with Crippen LogP contribution in [0.5, 0.6) is 11.5 Å². The van der Waals surface area contributed by atoms with Crippen molar-refractivity contribution in [3.05, 3.63) is 82.6 Å². The summed E-state index contributed by atoms with van der Waals surface area (Å²) in [6, 6.07) is 20.9. The molecule has 7 heteroatoms. The summed E-state index contributed by atoms with van der Waals surface area (Å²) >= 11 is 2.93. The number of thiophene rings is 2. The van der Waals surface area contributed by atoms with Crippen molar-refractivity contribution in [2.24, 2.45) is 0 Å². The number of nitrogens with zero attached hydrogens (tertiary/aromatic N) is 1. The SMILES string of the molecule is COc1ccc(C(=O)c2sc3nc(-c4cccs4)cc(-c4ccccc4OC)c3c2N)cc1. The molecule has 0 radical (unpaired) electrons. The molecule has 0 amide bonds. The first-order valence-corrected chi connectivity index (χ1v) is 11.9. The summed E-state index contributed by atoms with van der Waals surface area (Å²) in [6.07, 6.45) is 0. The number of fused-ring (bicyclic) bond motifs is 1. The van der Waals surface area contributed by atoms with E-state index in [4.69, 9.17) is 20.2 Å². The van der Waals surface area contributed by atoms with E-state index in [2.05, 4.69) is 0 Å². The quantitative estimate of drug-likeness (QED) is 0.285. The lowest BCUT2D eigenvalue weighted by Gasteiger charge is -2.11. The second-order valence-electron chi connectivity index (χ2n) is 7.32. The third-order valence-corrected chi connectivity index (χ3v) is 7.42. The van der Waals surface area contributed by atoms with Crippen LogP contribution in [-0.4, -0.2) is 25.0 Å². The fourth-order valence-electron chi connectivity index (χ4n) is 3.79. The lowest BCUT2D eigenvalue weighted by Crippen LogP contribution is -2.02. The average molecular weight is 473 g/mol. The van der Waals surface area contributed by atoms with Gasteiger partial charge in [0.05, 0.1) is 30.5 Å². The molecule has 0 spiro atoms. The van der Waals surface area contributed by atoms with E-state index in [0.717, 1.165) is 37.7 Å². The van der Waals surface area contributed by atoms with Crippen LogP contribution in [0.2, 0.25) is 0 Å². The van der Waals surface area contributed by atoms with E-state index in [-0.39, 0.29) is 5.78 Å². The Morgan fingerprint density at radius 3 is 2.42 bits per heavy atom. The normalized spacial score (nSPS) is 11.0. The van der Waals surface area contributed by atoms with Gasteiger partial charge in [-0.2, -0.15) is 0 Å². The maximum atomic E-state index is 13.4. The number of aromatic nitrogens is 1. The maximum absolute atomic E-state index is 13.4. The van der Waals surface area contributed by atoms with Gasteiger partial charge in [-0.1, -0.05) is 24.3 Å². The van der Waals surface area contributed by atoms with Crippen LogP contribution in [-0.2, 0) is 0 Å². The largest absolute Gasteiger partial charge is 0.497 e. The summed E-state index contributed by atoms with van der Waals surface area (Å²) in [7, 11) is 3.24. The molecule has 3 heterocycles. The van der Waals surface area contributed by atoms with Gasteiger partial charge in [0.2, 0.25) is 5.78 Å². The van der Waals surface area contributed by atoms with E-state index in [1.165, 1.54) is 11.3 Å². The standard InChI is InChI=1S/C26H20N2O3S2/c1-30-16-11-9-15(10-12-16)24(29)25-23(27)22-18(17-6-3-4-7-20(17)31-2)14-19(28-26(22)33-25)21-8-5-13-32-21/h3-14H,27H2,1-2H3. The van der Waals surface area contributed by atoms with Crippen molar-refractivity contribution in [1.29, 1.82) is 0 Å². The lowest BCUT2D eigenvalue weighted by atomic mass is 9.99. The predicted octanol–water partition coefficient (Wildman–Crippen LogP) is 6.52. The fourth-order valence-corrected chi connectivity index (χ4v) is 5.56. The van der Waals surface area contributed by atoms with Crippen LogP contribution in [0.25, 0.3) is 31.9 Å². The van der Waals surface area contributed by atoms with Gasteiger partial charge in [-0.15, -0.1) is 22.7 Å². The number of methoxy groups -OCH3 is 2. The number of hydrogen-bond acceptors (Lipinski definition) is 7. The first-order valence-electron chi connectivity index (χ1n) is 10.2. The van der Waals surface area contributed by atoms with E-state index in [0.29, 0.717) is 21.9 Å². The summed E-state index contributed by atoms with van der Waals surface area (Å²) in [6.45, 7) is 0. The van der Waals surface area contributed by atoms with Crippen LogP contribution in [0.3, 0.4) is 0 Å². The second kappa shape index (κ2) is 8.69. The number of carbonyl (C=O) groups is 1. The highest BCUT2D eigenvalue weighted by atomic mass is 32.1. The average Bonchev–Trinajstić information content (AvgIpc) is 3.52. The smallest absolute Gasteiger partial charge is 0.205 e. The highest BCUT2D eigenvalue weighted by molar-refractivity contribution is 7.21. The molecule has 0 atom stereocenters. The predicted molar refractivity (Wildman–Crippen MR) is 136 cm³/mol. The molecule has 0 bridgehead atoms. The molecule has 0 aliphatic heterocycles. The van der Waals surface area contributed by atoms with E-state index in [1.807, 2.05) is 47.8 Å². The monoisotopic (exact) mass is 472 g/mol. The number of para-hydroxylation sites is 1. The number of pyridine rings is 1. The highest BCUT2D eigenvalue weighted by Gasteiger charge is 2.23. The zero-order chi connectivity index (χ0) is 22.9. The molecule has 5 aromatic rings. The van der Waals surface area contributed by atoms with Crippen LogP contribution in [0.1, 0.15) is 15.2 Å². The van der Waals surface area contributed by atoms with Crippen molar-refractivity contribution in [1.82, 2.24) is 4.98 Å². The van der Waals surface area contributed by atoms with E-state index < -0.39 is 0 Å². The number of ether oxygens (including phenoxy) is 2. The Balaban J connectivity index is 1.74. The molecule has 2 aromatic carbocycles. The van der Waals surface area contributed by atoms with Gasteiger partial charge < -0.3 is 15.2 Å². The first-order chi connectivity index (χ1) is 16.1. The Kier molecular flexibility index (Phi) is 5.58. The minimum atomic E-state index is -0.137. The lowest BCUT2D eigenvalue weighted by molar-refractivity contribution is 0.104. The molecule has 5 nitrogen and oxygen atoms in total. The molecule has 0 aliphatic rings. The summed E-state index contributed by atoms with van der Waals surface area (Å²) in [5, 5.41) is 2.78. The minimum Gasteiger partial charge on any atom is -0.497 e. The van der Waals surface area contributed by atoms with Gasteiger partial charge in [0.25, 0.3) is 0 Å². The molecule has 0 saturated heterocycles. The highest BCUT2D eigenvalue weighted by Crippen LogP contribution is 2.44. The number of nitrogen functional groups attached to an aromatic ring is 1. The van der Waals surface area contributed by atoms with Crippen molar-refractivity contribution in [3.8, 4) is 33.2 Å². The van der Waals surface area contributed by atoms with Gasteiger partial charge in [-0.05, 0) is 53.4 Å². The Labute approximate surface area is 199 Å². The topological polar surface area (TPSA) is 74.4 Å². The first kappa shape index (κ1) is 21.2. The fraction of sp³-hybridized carbons (Fsp3) is 0.0769. The number of anilines is 1. The molecular formula is C26H20N2O3S2. The summed E-state index contributed by atoms with van der Waals surface area (Å²) in [5.74, 6) is 1.29. The van der Waals surface area contributed by atoms with Crippen molar-refractivity contribution in [2.75, 3.05) is 20.0 Å². The number of carbonyl (C=O) groups excluding carboxylic acids is 1. The molecule has 0 unspecified atom stereocenters. The number of hydrogen-bond donors (Lipinski definition) is 1. The molecule has 2 N–H and O–H groups in total. The second-order valence-corrected chi connectivity index (χ2v) is 9.26. The van der Waals surface area contributed by atoms with Gasteiger partial charge in [-0.3, -0.25) is 4.79 Å². The Morgan fingerprint density at radius 1 is 0.939 bits per heavy atom. The summed E-state index contributed by atoms with van der Waals surface area (Å²) in [5.41, 5.74) is 10.2. The van der Waals surface area contributed by atoms with E-state index in [9.17, 15) is 4.79 Å². The Bertz CT molecular complexity index is 1460. The Morgan fingerprint density at radius 2 is 1.73 bits per heavy atom. The molecule has 33 heavy (non-hydrogen) atoms. The van der Waals surface area contributed by atoms with E-state index >= 15 is 0 Å². The minimum absolute atomic E-state index is 0.137. The number of benzene rings is 2. The third-order valence-electron chi connectivity index (χ3n) is 5.43. The van der Waals surface area contributed by atoms with Gasteiger partial charge in [0, 0.05) is 16.5 Å². The zero-order valence-corrected chi connectivity index (χ0v) is 19.6. The molecule has 164 valence electrons. The zero-order valence-electron chi connectivity index (χ0n) is 18.0. The number of rotatable bonds is 6. The number of ketones is 1. The van der Waals surface area contributed by atoms with Gasteiger partial charge >= 0.3 is 0 Å². The Hall–Kier alpha value is -3.68. The number of nitrogens with two attached hydrogens (primary N) is 1. The van der Waals surface area contributed by atoms with Crippen molar-refractivity contribution < 1.29 is 14.3 Å². The maximum Gasteiger partial charge on any atom is 0.205 e. The van der Waals surface area contributed by atoms with Crippen molar-refractivity contribution in [2.45, 2.75) is 0 Å². The molecule has 3 aromatic heterocycles. The van der Waals surface area contributed by atoms with Crippen LogP contribution in [0.15, 0.2) is 72.1 Å². The molecule has 0 fully saturated rings. The van der Waals surface area contributed by atoms with Crippen LogP contribution < -0.4 is 15.2 Å². The van der Waals surface area contributed by atoms with Gasteiger partial charge in [0.1, 0.15) is 21.2 Å². The van der Waals surface area contributed by atoms with E-state index in [1.54, 1.807) is 49.8 Å². The molecule has 5 rings (SSSR count). The van der Waals surface area contributed by atoms with Crippen LogP contribution in [0.4, 0.5) is 5.69 Å². The summed E-state index contributed by atoms with van der Waals surface area (Å²) < 4.78 is 10.8. The van der Waals surface area contributed by atoms with Gasteiger partial charge in [-0.25, -0.2) is 4.98 Å².